The van der Waals surface area contributed by atoms with E-state index in [1.165, 1.54) is 12.5 Å². The molecule has 0 aromatic carbocycles. The first-order valence-corrected chi connectivity index (χ1v) is 4.74. The highest BCUT2D eigenvalue weighted by atomic mass is 16.5. The highest BCUT2D eigenvalue weighted by Crippen LogP contribution is 2.01. The van der Waals surface area contributed by atoms with Gasteiger partial charge in [0.25, 0.3) is 0 Å². The summed E-state index contributed by atoms with van der Waals surface area (Å²) in [4.78, 5) is 10.7. The minimum absolute atomic E-state index is 0.00297. The van der Waals surface area contributed by atoms with Crippen LogP contribution in [0.3, 0.4) is 0 Å². The number of methoxy groups -OCH3 is 1. The second-order valence-electron chi connectivity index (χ2n) is 3.07. The first-order valence-electron chi connectivity index (χ1n) is 4.74. The summed E-state index contributed by atoms with van der Waals surface area (Å²) in [6.07, 6.45) is 4.81. The van der Waals surface area contributed by atoms with Gasteiger partial charge < -0.3 is 10.1 Å². The summed E-state index contributed by atoms with van der Waals surface area (Å²) in [5, 5.41) is 2.76. The van der Waals surface area contributed by atoms with E-state index in [-0.39, 0.29) is 5.91 Å². The lowest BCUT2D eigenvalue weighted by molar-refractivity contribution is -0.118. The zero-order valence-electron chi connectivity index (χ0n) is 9.39. The number of hydrogen-bond donors (Lipinski definition) is 1. The molecule has 3 nitrogen and oxygen atoms in total. The Morgan fingerprint density at radius 2 is 2.00 bits per heavy atom. The lowest BCUT2D eigenvalue weighted by Gasteiger charge is -2.04. The number of carbonyl (C=O) groups is 1. The number of amides is 1. The van der Waals surface area contributed by atoms with Gasteiger partial charge in [-0.3, -0.25) is 4.79 Å². The van der Waals surface area contributed by atoms with E-state index in [0.29, 0.717) is 6.54 Å². The lowest BCUT2D eigenvalue weighted by Crippen LogP contribution is -2.22. The van der Waals surface area contributed by atoms with Crippen molar-refractivity contribution in [3.63, 3.8) is 0 Å². The molecule has 0 aromatic rings. The fourth-order valence-electron chi connectivity index (χ4n) is 0.843. The van der Waals surface area contributed by atoms with E-state index < -0.39 is 0 Å². The van der Waals surface area contributed by atoms with Crippen LogP contribution in [0.25, 0.3) is 0 Å². The molecule has 0 heterocycles. The van der Waals surface area contributed by atoms with Crippen LogP contribution in [0.1, 0.15) is 27.2 Å². The number of carbonyl (C=O) groups excluding carboxylic acids is 1. The molecule has 14 heavy (non-hydrogen) atoms. The summed E-state index contributed by atoms with van der Waals surface area (Å²) in [5.41, 5.74) is 1.18. The molecule has 0 saturated heterocycles. The van der Waals surface area contributed by atoms with E-state index in [1.54, 1.807) is 7.11 Å². The Kier molecular flexibility index (Phi) is 6.54. The summed E-state index contributed by atoms with van der Waals surface area (Å²) >= 11 is 0. The second kappa shape index (κ2) is 7.18. The molecule has 0 aliphatic heterocycles. The molecule has 0 bridgehead atoms. The van der Waals surface area contributed by atoms with Gasteiger partial charge in [-0.05, 0) is 19.4 Å². The van der Waals surface area contributed by atoms with Crippen molar-refractivity contribution in [1.29, 1.82) is 0 Å². The predicted octanol–water partition coefficient (Wildman–Crippen LogP) is 2.01. The molecular formula is C11H19NO2. The largest absolute Gasteiger partial charge is 0.501 e. The van der Waals surface area contributed by atoms with Crippen molar-refractivity contribution in [2.75, 3.05) is 13.7 Å². The van der Waals surface area contributed by atoms with Crippen LogP contribution in [0, 0.1) is 0 Å². The Hall–Kier alpha value is -1.25. The molecule has 3 heteroatoms. The zero-order valence-corrected chi connectivity index (χ0v) is 9.39. The Morgan fingerprint density at radius 3 is 2.43 bits per heavy atom. The fraction of sp³-hybridized carbons (Fsp3) is 0.545. The number of nitrogens with one attached hydrogen (secondary N) is 1. The maximum Gasteiger partial charge on any atom is 0.217 e. The van der Waals surface area contributed by atoms with Crippen molar-refractivity contribution in [3.8, 4) is 0 Å². The molecule has 0 atom stereocenters. The van der Waals surface area contributed by atoms with Gasteiger partial charge in [-0.2, -0.15) is 0 Å². The number of ether oxygens (including phenoxy) is 1. The van der Waals surface area contributed by atoms with Crippen LogP contribution in [-0.4, -0.2) is 19.6 Å². The average Bonchev–Trinajstić information content (AvgIpc) is 2.17. The maximum absolute atomic E-state index is 10.7. The molecule has 0 fully saturated rings. The topological polar surface area (TPSA) is 38.3 Å². The van der Waals surface area contributed by atoms with E-state index in [9.17, 15) is 4.79 Å². The Bertz CT molecular complexity index is 242. The first-order chi connectivity index (χ1) is 6.60. The molecule has 80 valence electrons. The average molecular weight is 197 g/mol. The van der Waals surface area contributed by atoms with Gasteiger partial charge in [0.2, 0.25) is 5.91 Å². The molecule has 1 amide bonds. The fourth-order valence-corrected chi connectivity index (χ4v) is 0.843. The number of hydrogen-bond acceptors (Lipinski definition) is 2. The van der Waals surface area contributed by atoms with E-state index in [1.807, 2.05) is 19.1 Å². The van der Waals surface area contributed by atoms with Gasteiger partial charge in [-0.15, -0.1) is 0 Å². The summed E-state index contributed by atoms with van der Waals surface area (Å²) in [6, 6.07) is 0. The van der Waals surface area contributed by atoms with Crippen molar-refractivity contribution in [3.05, 3.63) is 23.5 Å². The van der Waals surface area contributed by atoms with Gasteiger partial charge in [0.1, 0.15) is 0 Å². The predicted molar refractivity (Wildman–Crippen MR) is 57.8 cm³/mol. The van der Waals surface area contributed by atoms with Crippen LogP contribution in [0.4, 0.5) is 0 Å². The highest BCUT2D eigenvalue weighted by molar-refractivity contribution is 5.73. The third kappa shape index (κ3) is 6.29. The molecule has 0 aliphatic carbocycles. The third-order valence-corrected chi connectivity index (χ3v) is 1.89. The van der Waals surface area contributed by atoms with Crippen molar-refractivity contribution in [2.24, 2.45) is 0 Å². The highest BCUT2D eigenvalue weighted by Gasteiger charge is 1.94. The monoisotopic (exact) mass is 197 g/mol. The van der Waals surface area contributed by atoms with E-state index in [0.717, 1.165) is 12.2 Å². The van der Waals surface area contributed by atoms with Crippen molar-refractivity contribution in [2.45, 2.75) is 27.2 Å². The summed E-state index contributed by atoms with van der Waals surface area (Å²) in [6.45, 7) is 6.08. The molecule has 0 spiro atoms. The van der Waals surface area contributed by atoms with Gasteiger partial charge in [-0.25, -0.2) is 0 Å². The Balaban J connectivity index is 4.18. The molecular weight excluding hydrogens is 178 g/mol. The van der Waals surface area contributed by atoms with Gasteiger partial charge >= 0.3 is 0 Å². The van der Waals surface area contributed by atoms with Crippen LogP contribution in [0.2, 0.25) is 0 Å². The van der Waals surface area contributed by atoms with Gasteiger partial charge in [0.05, 0.1) is 12.9 Å². The van der Waals surface area contributed by atoms with Crippen molar-refractivity contribution in [1.82, 2.24) is 5.32 Å². The third-order valence-electron chi connectivity index (χ3n) is 1.89. The zero-order chi connectivity index (χ0) is 11.0. The van der Waals surface area contributed by atoms with Gasteiger partial charge in [0.15, 0.2) is 0 Å². The van der Waals surface area contributed by atoms with Crippen LogP contribution in [-0.2, 0) is 9.53 Å². The second-order valence-corrected chi connectivity index (χ2v) is 3.07. The summed E-state index contributed by atoms with van der Waals surface area (Å²) < 4.78 is 5.00. The normalized spacial score (nSPS) is 12.6. The van der Waals surface area contributed by atoms with E-state index in [2.05, 4.69) is 12.2 Å². The molecule has 0 aromatic heterocycles. The van der Waals surface area contributed by atoms with Gasteiger partial charge in [0, 0.05) is 13.5 Å². The summed E-state index contributed by atoms with van der Waals surface area (Å²) in [5.74, 6) is 0.857. The Labute approximate surface area is 85.8 Å². The molecule has 0 radical (unpaired) electrons. The van der Waals surface area contributed by atoms with Crippen LogP contribution in [0.5, 0.6) is 0 Å². The van der Waals surface area contributed by atoms with Crippen molar-refractivity contribution < 1.29 is 9.53 Å². The number of rotatable bonds is 5. The summed E-state index contributed by atoms with van der Waals surface area (Å²) in [7, 11) is 1.64. The maximum atomic E-state index is 10.7. The molecule has 0 aliphatic rings. The minimum atomic E-state index is -0.00297. The smallest absolute Gasteiger partial charge is 0.217 e. The molecule has 0 saturated carbocycles. The van der Waals surface area contributed by atoms with E-state index in [4.69, 9.17) is 4.74 Å². The van der Waals surface area contributed by atoms with Crippen LogP contribution >= 0.6 is 0 Å². The SMILES string of the molecule is CC/C(=C\C=C(/C)OC)CNC(C)=O. The van der Waals surface area contributed by atoms with Gasteiger partial charge in [-0.1, -0.05) is 18.6 Å². The first kappa shape index (κ1) is 12.8. The molecule has 0 rings (SSSR count). The van der Waals surface area contributed by atoms with Crippen molar-refractivity contribution >= 4 is 5.91 Å². The molecule has 1 N–H and O–H groups in total. The van der Waals surface area contributed by atoms with E-state index >= 15 is 0 Å². The standard InChI is InChI=1S/C11H19NO2/c1-5-11(8-12-10(3)13)7-6-9(2)14-4/h6-7H,5,8H2,1-4H3,(H,12,13)/b9-6+,11-7+. The molecule has 0 unspecified atom stereocenters. The number of allylic oxidation sites excluding steroid dienone is 3. The quantitative estimate of drug-likeness (QED) is 0.541. The lowest BCUT2D eigenvalue weighted by atomic mass is 10.2. The minimum Gasteiger partial charge on any atom is -0.501 e. The Morgan fingerprint density at radius 1 is 1.36 bits per heavy atom. The van der Waals surface area contributed by atoms with Crippen LogP contribution < -0.4 is 5.32 Å². The van der Waals surface area contributed by atoms with Crippen LogP contribution in [0.15, 0.2) is 23.5 Å².